The molecule has 0 aromatic carbocycles. The van der Waals surface area contributed by atoms with E-state index >= 15 is 0 Å². The Morgan fingerprint density at radius 2 is 2.25 bits per heavy atom. The van der Waals surface area contributed by atoms with E-state index in [2.05, 4.69) is 12.2 Å². The van der Waals surface area contributed by atoms with Gasteiger partial charge < -0.3 is 5.32 Å². The van der Waals surface area contributed by atoms with Gasteiger partial charge in [0.1, 0.15) is 6.17 Å². The summed E-state index contributed by atoms with van der Waals surface area (Å²) in [7, 11) is 0. The van der Waals surface area contributed by atoms with Crippen molar-refractivity contribution in [3.05, 3.63) is 0 Å². The summed E-state index contributed by atoms with van der Waals surface area (Å²) in [6.07, 6.45) is 1.14. The Morgan fingerprint density at radius 3 is 2.62 bits per heavy atom. The lowest BCUT2D eigenvalue weighted by Crippen LogP contribution is -2.37. The van der Waals surface area contributed by atoms with Crippen molar-refractivity contribution in [2.45, 2.75) is 32.0 Å². The molecular weight excluding hydrogens is 105 g/mol. The van der Waals surface area contributed by atoms with Crippen LogP contribution in [0.3, 0.4) is 0 Å². The molecule has 0 saturated carbocycles. The van der Waals surface area contributed by atoms with Gasteiger partial charge in [-0.2, -0.15) is 0 Å². The summed E-state index contributed by atoms with van der Waals surface area (Å²) in [5, 5.41) is 3.06. The van der Waals surface area contributed by atoms with E-state index in [9.17, 15) is 4.39 Å². The van der Waals surface area contributed by atoms with E-state index in [1.165, 1.54) is 0 Å². The minimum absolute atomic E-state index is 0.530. The normalized spacial score (nSPS) is 39.8. The van der Waals surface area contributed by atoms with Crippen LogP contribution in [0.15, 0.2) is 0 Å². The van der Waals surface area contributed by atoms with Crippen LogP contribution >= 0.6 is 0 Å². The maximum atomic E-state index is 12.3. The van der Waals surface area contributed by atoms with Crippen molar-refractivity contribution in [3.63, 3.8) is 0 Å². The minimum atomic E-state index is -0.591. The molecule has 2 atom stereocenters. The van der Waals surface area contributed by atoms with Crippen LogP contribution in [-0.4, -0.2) is 18.8 Å². The van der Waals surface area contributed by atoms with Gasteiger partial charge in [-0.15, -0.1) is 0 Å². The highest BCUT2D eigenvalue weighted by Gasteiger charge is 2.15. The molecule has 0 bridgehead atoms. The maximum absolute atomic E-state index is 12.3. The Labute approximate surface area is 49.3 Å². The third-order valence-corrected chi connectivity index (χ3v) is 1.60. The lowest BCUT2D eigenvalue weighted by atomic mass is 10.1. The van der Waals surface area contributed by atoms with Gasteiger partial charge in [-0.3, -0.25) is 0 Å². The van der Waals surface area contributed by atoms with Crippen LogP contribution < -0.4 is 5.32 Å². The lowest BCUT2D eigenvalue weighted by Gasteiger charge is -2.21. The standard InChI is InChI=1S/C6H12FN/c1-5-2-3-6(7)4-8-5/h5-6,8H,2-4H2,1H3/t5-,6?/m0/s1. The predicted molar refractivity (Wildman–Crippen MR) is 31.6 cm³/mol. The molecule has 0 amide bonds. The molecule has 0 spiro atoms. The van der Waals surface area contributed by atoms with Crippen molar-refractivity contribution in [3.8, 4) is 0 Å². The minimum Gasteiger partial charge on any atom is -0.311 e. The summed E-state index contributed by atoms with van der Waals surface area (Å²) in [4.78, 5) is 0. The van der Waals surface area contributed by atoms with Crippen LogP contribution in [0, 0.1) is 0 Å². The monoisotopic (exact) mass is 117 g/mol. The van der Waals surface area contributed by atoms with Crippen molar-refractivity contribution in [1.82, 2.24) is 5.32 Å². The molecule has 8 heavy (non-hydrogen) atoms. The first-order chi connectivity index (χ1) is 3.79. The largest absolute Gasteiger partial charge is 0.311 e. The van der Waals surface area contributed by atoms with Gasteiger partial charge in [-0.1, -0.05) is 0 Å². The molecule has 2 heteroatoms. The Hall–Kier alpha value is -0.110. The number of hydrogen-bond donors (Lipinski definition) is 1. The first kappa shape index (κ1) is 6.02. The van der Waals surface area contributed by atoms with Crippen molar-refractivity contribution >= 4 is 0 Å². The summed E-state index contributed by atoms with van der Waals surface area (Å²) < 4.78 is 12.3. The molecule has 1 fully saturated rings. The van der Waals surface area contributed by atoms with Crippen LogP contribution in [0.5, 0.6) is 0 Å². The average Bonchev–Trinajstić information content (AvgIpc) is 1.77. The molecule has 0 aromatic rings. The molecule has 1 aliphatic rings. The van der Waals surface area contributed by atoms with E-state index in [0.717, 1.165) is 12.8 Å². The van der Waals surface area contributed by atoms with Crippen LogP contribution in [0.2, 0.25) is 0 Å². The van der Waals surface area contributed by atoms with Crippen LogP contribution in [0.1, 0.15) is 19.8 Å². The van der Waals surface area contributed by atoms with Crippen LogP contribution in [0.4, 0.5) is 4.39 Å². The van der Waals surface area contributed by atoms with Crippen LogP contribution in [-0.2, 0) is 0 Å². The van der Waals surface area contributed by atoms with Gasteiger partial charge in [0.05, 0.1) is 0 Å². The van der Waals surface area contributed by atoms with E-state index in [1.54, 1.807) is 0 Å². The molecular formula is C6H12FN. The fourth-order valence-corrected chi connectivity index (χ4v) is 0.964. The third-order valence-electron chi connectivity index (χ3n) is 1.60. The number of nitrogens with one attached hydrogen (secondary N) is 1. The first-order valence-corrected chi connectivity index (χ1v) is 3.16. The molecule has 0 aromatic heterocycles. The number of hydrogen-bond acceptors (Lipinski definition) is 1. The lowest BCUT2D eigenvalue weighted by molar-refractivity contribution is 0.239. The highest BCUT2D eigenvalue weighted by molar-refractivity contribution is 4.73. The molecule has 1 aliphatic heterocycles. The van der Waals surface area contributed by atoms with Gasteiger partial charge in [-0.05, 0) is 19.8 Å². The second-order valence-electron chi connectivity index (χ2n) is 2.48. The summed E-state index contributed by atoms with van der Waals surface area (Å²) >= 11 is 0. The molecule has 0 radical (unpaired) electrons. The topological polar surface area (TPSA) is 12.0 Å². The highest BCUT2D eigenvalue weighted by atomic mass is 19.1. The van der Waals surface area contributed by atoms with Gasteiger partial charge in [0.25, 0.3) is 0 Å². The number of alkyl halides is 1. The zero-order valence-corrected chi connectivity index (χ0v) is 5.15. The fourth-order valence-electron chi connectivity index (χ4n) is 0.964. The zero-order chi connectivity index (χ0) is 5.98. The van der Waals surface area contributed by atoms with E-state index in [4.69, 9.17) is 0 Å². The Bertz CT molecular complexity index is 56.9. The van der Waals surface area contributed by atoms with E-state index in [0.29, 0.717) is 12.6 Å². The van der Waals surface area contributed by atoms with Crippen molar-refractivity contribution < 1.29 is 4.39 Å². The summed E-state index contributed by atoms with van der Waals surface area (Å²) in [5.74, 6) is 0. The Kier molecular flexibility index (Phi) is 1.84. The van der Waals surface area contributed by atoms with Crippen molar-refractivity contribution in [1.29, 1.82) is 0 Å². The molecule has 1 rings (SSSR count). The number of piperidine rings is 1. The molecule has 1 heterocycles. The quantitative estimate of drug-likeness (QED) is 0.501. The van der Waals surface area contributed by atoms with Crippen molar-refractivity contribution in [2.24, 2.45) is 0 Å². The Balaban J connectivity index is 2.19. The second kappa shape index (κ2) is 2.44. The molecule has 1 saturated heterocycles. The highest BCUT2D eigenvalue weighted by Crippen LogP contribution is 2.09. The maximum Gasteiger partial charge on any atom is 0.113 e. The average molecular weight is 117 g/mol. The molecule has 1 unspecified atom stereocenters. The molecule has 48 valence electrons. The third kappa shape index (κ3) is 1.44. The zero-order valence-electron chi connectivity index (χ0n) is 5.15. The molecule has 1 nitrogen and oxygen atoms in total. The van der Waals surface area contributed by atoms with Gasteiger partial charge in [0.2, 0.25) is 0 Å². The first-order valence-electron chi connectivity index (χ1n) is 3.16. The number of halogens is 1. The van der Waals surface area contributed by atoms with Gasteiger partial charge in [-0.25, -0.2) is 4.39 Å². The van der Waals surface area contributed by atoms with Gasteiger partial charge in [0.15, 0.2) is 0 Å². The molecule has 0 aliphatic carbocycles. The summed E-state index contributed by atoms with van der Waals surface area (Å²) in [5.41, 5.74) is 0. The predicted octanol–water partition coefficient (Wildman–Crippen LogP) is 1.10. The van der Waals surface area contributed by atoms with E-state index < -0.39 is 6.17 Å². The van der Waals surface area contributed by atoms with Gasteiger partial charge in [0, 0.05) is 12.6 Å². The summed E-state index contributed by atoms with van der Waals surface area (Å²) in [6, 6.07) is 0.530. The Morgan fingerprint density at radius 1 is 1.50 bits per heavy atom. The molecule has 1 N–H and O–H groups in total. The SMILES string of the molecule is C[C@H]1CCC(F)CN1. The fraction of sp³-hybridized carbons (Fsp3) is 1.00. The summed E-state index contributed by atoms with van der Waals surface area (Å²) in [6.45, 7) is 2.65. The van der Waals surface area contributed by atoms with Gasteiger partial charge >= 0.3 is 0 Å². The second-order valence-corrected chi connectivity index (χ2v) is 2.48. The smallest absolute Gasteiger partial charge is 0.113 e. The van der Waals surface area contributed by atoms with Crippen LogP contribution in [0.25, 0.3) is 0 Å². The number of rotatable bonds is 0. The van der Waals surface area contributed by atoms with E-state index in [1.807, 2.05) is 0 Å². The van der Waals surface area contributed by atoms with Crippen molar-refractivity contribution in [2.75, 3.05) is 6.54 Å². The van der Waals surface area contributed by atoms with E-state index in [-0.39, 0.29) is 0 Å².